The van der Waals surface area contributed by atoms with Gasteiger partial charge in [-0.15, -0.1) is 11.2 Å². The summed E-state index contributed by atoms with van der Waals surface area (Å²) < 4.78 is 61.1. The standard InChI is InChI=1S/C23H14ClF4N7O2/c1-3-11-9-31-22(37-2)19(29)18(11)14-7-16(24)13(8-17(14)25)21(36)34-12-6-15(23(26,27)28)20(30-10-12)35-32-4-5-33-35/h1,4-10H,29H2,2H3,(H,34,36). The minimum Gasteiger partial charge on any atom is -0.480 e. The van der Waals surface area contributed by atoms with Gasteiger partial charge in [-0.25, -0.2) is 14.4 Å². The number of ether oxygens (including phenoxy) is 1. The number of terminal acetylenes is 1. The number of nitrogen functional groups attached to an aromatic ring is 1. The first-order valence-electron chi connectivity index (χ1n) is 10.1. The molecule has 3 N–H and O–H groups in total. The van der Waals surface area contributed by atoms with E-state index in [9.17, 15) is 18.0 Å². The summed E-state index contributed by atoms with van der Waals surface area (Å²) in [5, 5.41) is 9.30. The highest BCUT2D eigenvalue weighted by molar-refractivity contribution is 6.34. The molecule has 0 bridgehead atoms. The van der Waals surface area contributed by atoms with E-state index in [1.165, 1.54) is 25.7 Å². The molecule has 3 heterocycles. The highest BCUT2D eigenvalue weighted by atomic mass is 35.5. The Hall–Kier alpha value is -4.70. The first kappa shape index (κ1) is 25.4. The van der Waals surface area contributed by atoms with Crippen LogP contribution < -0.4 is 15.8 Å². The molecule has 9 nitrogen and oxygen atoms in total. The fourth-order valence-electron chi connectivity index (χ4n) is 3.40. The fourth-order valence-corrected chi connectivity index (χ4v) is 3.65. The number of nitrogens with one attached hydrogen (secondary N) is 1. The quantitative estimate of drug-likeness (QED) is 0.290. The number of rotatable bonds is 5. The van der Waals surface area contributed by atoms with Crippen molar-refractivity contribution in [3.63, 3.8) is 0 Å². The molecule has 0 spiro atoms. The zero-order valence-electron chi connectivity index (χ0n) is 18.6. The summed E-state index contributed by atoms with van der Waals surface area (Å²) in [5.41, 5.74) is 4.16. The Bertz CT molecular complexity index is 1550. The van der Waals surface area contributed by atoms with Gasteiger partial charge in [0.05, 0.1) is 47.5 Å². The van der Waals surface area contributed by atoms with Gasteiger partial charge in [0.15, 0.2) is 5.82 Å². The normalized spacial score (nSPS) is 11.2. The van der Waals surface area contributed by atoms with Crippen LogP contribution in [0.25, 0.3) is 16.9 Å². The van der Waals surface area contributed by atoms with Crippen LogP contribution in [-0.2, 0) is 6.18 Å². The number of benzene rings is 1. The molecule has 1 amide bonds. The molecule has 14 heteroatoms. The number of aromatic nitrogens is 5. The predicted octanol–water partition coefficient (Wildman–Crippen LogP) is 4.36. The zero-order valence-corrected chi connectivity index (χ0v) is 19.4. The van der Waals surface area contributed by atoms with E-state index >= 15 is 4.39 Å². The molecule has 0 aliphatic rings. The Labute approximate surface area is 211 Å². The number of hydrogen-bond acceptors (Lipinski definition) is 7. The fraction of sp³-hybridized carbons (Fsp3) is 0.0870. The zero-order chi connectivity index (χ0) is 26.9. The molecule has 0 atom stereocenters. The molecule has 4 rings (SSSR count). The van der Waals surface area contributed by atoms with Crippen LogP contribution in [0.4, 0.5) is 28.9 Å². The highest BCUT2D eigenvalue weighted by Crippen LogP contribution is 2.38. The van der Waals surface area contributed by atoms with Gasteiger partial charge >= 0.3 is 6.18 Å². The lowest BCUT2D eigenvalue weighted by Crippen LogP contribution is -2.17. The van der Waals surface area contributed by atoms with E-state index in [0.29, 0.717) is 10.9 Å². The van der Waals surface area contributed by atoms with Crippen LogP contribution in [0.5, 0.6) is 5.88 Å². The van der Waals surface area contributed by atoms with E-state index in [1.807, 2.05) is 0 Å². The SMILES string of the molecule is C#Cc1cnc(OC)c(N)c1-c1cc(Cl)c(C(=O)Nc2cnc(-n3nccn3)c(C(F)(F)F)c2)cc1F. The van der Waals surface area contributed by atoms with Gasteiger partial charge in [-0.05, 0) is 18.2 Å². The third-order valence-electron chi connectivity index (χ3n) is 5.04. The molecule has 0 unspecified atom stereocenters. The summed E-state index contributed by atoms with van der Waals surface area (Å²) >= 11 is 6.25. The molecule has 0 saturated heterocycles. The average Bonchev–Trinajstić information content (AvgIpc) is 3.39. The number of halogens is 5. The molecule has 0 fully saturated rings. The van der Waals surface area contributed by atoms with Crippen LogP contribution in [0.1, 0.15) is 21.5 Å². The van der Waals surface area contributed by atoms with Crippen molar-refractivity contribution in [2.24, 2.45) is 0 Å². The number of carbonyl (C=O) groups excluding carboxylic acids is 1. The van der Waals surface area contributed by atoms with Gasteiger partial charge in [0.25, 0.3) is 5.91 Å². The third kappa shape index (κ3) is 4.87. The molecule has 0 radical (unpaired) electrons. The Morgan fingerprint density at radius 2 is 1.89 bits per heavy atom. The molecule has 4 aromatic rings. The van der Waals surface area contributed by atoms with E-state index in [-0.39, 0.29) is 44.5 Å². The molecular weight excluding hydrogens is 518 g/mol. The van der Waals surface area contributed by atoms with Gasteiger partial charge in [0, 0.05) is 17.3 Å². The maximum Gasteiger partial charge on any atom is 0.420 e. The number of anilines is 2. The Kier molecular flexibility index (Phi) is 6.69. The van der Waals surface area contributed by atoms with Gasteiger partial charge in [0.1, 0.15) is 17.1 Å². The highest BCUT2D eigenvalue weighted by Gasteiger charge is 2.36. The number of nitrogens with two attached hydrogens (primary N) is 1. The first-order chi connectivity index (χ1) is 17.5. The van der Waals surface area contributed by atoms with Crippen molar-refractivity contribution < 1.29 is 27.1 Å². The maximum absolute atomic E-state index is 15.2. The number of methoxy groups -OCH3 is 1. The van der Waals surface area contributed by atoms with Crippen molar-refractivity contribution in [1.82, 2.24) is 25.0 Å². The van der Waals surface area contributed by atoms with Crippen LogP contribution in [0, 0.1) is 18.2 Å². The Morgan fingerprint density at radius 3 is 2.51 bits per heavy atom. The van der Waals surface area contributed by atoms with Crippen molar-refractivity contribution in [2.45, 2.75) is 6.18 Å². The van der Waals surface area contributed by atoms with E-state index < -0.39 is 29.3 Å². The number of hydrogen-bond donors (Lipinski definition) is 2. The van der Waals surface area contributed by atoms with Crippen molar-refractivity contribution in [3.8, 4) is 35.2 Å². The monoisotopic (exact) mass is 531 g/mol. The average molecular weight is 532 g/mol. The molecule has 37 heavy (non-hydrogen) atoms. The minimum atomic E-state index is -4.84. The van der Waals surface area contributed by atoms with E-state index in [1.54, 1.807) is 0 Å². The Balaban J connectivity index is 1.71. The number of carbonyl (C=O) groups is 1. The van der Waals surface area contributed by atoms with Gasteiger partial charge < -0.3 is 15.8 Å². The van der Waals surface area contributed by atoms with Crippen molar-refractivity contribution in [1.29, 1.82) is 0 Å². The van der Waals surface area contributed by atoms with E-state index in [2.05, 4.69) is 31.4 Å². The lowest BCUT2D eigenvalue weighted by molar-refractivity contribution is -0.137. The Morgan fingerprint density at radius 1 is 1.19 bits per heavy atom. The second-order valence-electron chi connectivity index (χ2n) is 7.29. The third-order valence-corrected chi connectivity index (χ3v) is 5.35. The van der Waals surface area contributed by atoms with Crippen molar-refractivity contribution >= 4 is 28.9 Å². The van der Waals surface area contributed by atoms with Gasteiger partial charge in [-0.3, -0.25) is 4.79 Å². The molecular formula is C23H14ClF4N7O2. The summed E-state index contributed by atoms with van der Waals surface area (Å²) in [7, 11) is 1.31. The second kappa shape index (κ2) is 9.75. The predicted molar refractivity (Wildman–Crippen MR) is 126 cm³/mol. The van der Waals surface area contributed by atoms with E-state index in [4.69, 9.17) is 28.5 Å². The summed E-state index contributed by atoms with van der Waals surface area (Å²) in [5.74, 6) is -0.190. The number of amides is 1. The smallest absolute Gasteiger partial charge is 0.420 e. The molecule has 0 aliphatic carbocycles. The molecule has 0 aliphatic heterocycles. The lowest BCUT2D eigenvalue weighted by atomic mass is 9.98. The molecule has 188 valence electrons. The van der Waals surface area contributed by atoms with Gasteiger partial charge in [-0.1, -0.05) is 17.5 Å². The maximum atomic E-state index is 15.2. The second-order valence-corrected chi connectivity index (χ2v) is 7.70. The van der Waals surface area contributed by atoms with Crippen LogP contribution >= 0.6 is 11.6 Å². The summed E-state index contributed by atoms with van der Waals surface area (Å²) in [6, 6.07) is 2.56. The van der Waals surface area contributed by atoms with Crippen LogP contribution in [0.15, 0.2) is 43.0 Å². The van der Waals surface area contributed by atoms with Crippen LogP contribution in [0.3, 0.4) is 0 Å². The van der Waals surface area contributed by atoms with Crippen LogP contribution in [-0.4, -0.2) is 38.0 Å². The van der Waals surface area contributed by atoms with E-state index in [0.717, 1.165) is 18.3 Å². The largest absolute Gasteiger partial charge is 0.480 e. The lowest BCUT2D eigenvalue weighted by Gasteiger charge is -2.15. The van der Waals surface area contributed by atoms with Crippen molar-refractivity contribution in [2.75, 3.05) is 18.2 Å². The minimum absolute atomic E-state index is 0.00642. The summed E-state index contributed by atoms with van der Waals surface area (Å²) in [6.45, 7) is 0. The molecule has 1 aromatic carbocycles. The molecule has 3 aromatic heterocycles. The summed E-state index contributed by atoms with van der Waals surface area (Å²) in [4.78, 5) is 21.2. The van der Waals surface area contributed by atoms with Crippen molar-refractivity contribution in [3.05, 3.63) is 70.5 Å². The van der Waals surface area contributed by atoms with Gasteiger partial charge in [-0.2, -0.15) is 23.4 Å². The van der Waals surface area contributed by atoms with Crippen LogP contribution in [0.2, 0.25) is 5.02 Å². The first-order valence-corrected chi connectivity index (χ1v) is 10.5. The topological polar surface area (TPSA) is 121 Å². The number of pyridine rings is 2. The number of alkyl halides is 3. The molecule has 0 saturated carbocycles. The summed E-state index contributed by atoms with van der Waals surface area (Å²) in [6.07, 6.45) is 5.22. The van der Waals surface area contributed by atoms with Gasteiger partial charge in [0.2, 0.25) is 5.88 Å². The number of nitrogens with zero attached hydrogens (tertiary/aromatic N) is 5.